The van der Waals surface area contributed by atoms with Crippen molar-refractivity contribution in [2.24, 2.45) is 0 Å². The lowest BCUT2D eigenvalue weighted by Gasteiger charge is -2.26. The van der Waals surface area contributed by atoms with Crippen LogP contribution in [0.1, 0.15) is 19.8 Å². The van der Waals surface area contributed by atoms with Crippen molar-refractivity contribution in [1.29, 1.82) is 0 Å². The largest absolute Gasteiger partial charge is 0.469 e. The van der Waals surface area contributed by atoms with Crippen molar-refractivity contribution in [1.82, 2.24) is 0 Å². The molecule has 0 fully saturated rings. The summed E-state index contributed by atoms with van der Waals surface area (Å²) < 4.78 is 114. The molecule has 0 unspecified atom stereocenters. The van der Waals surface area contributed by atoms with E-state index in [-0.39, 0.29) is 6.42 Å². The minimum Gasteiger partial charge on any atom is -0.469 e. The standard InChI is InChI=1S/C9H9F9O/c1-2-3-4-19-6(11)5(10)7(12,13)8(14,15)9(16,17)18/h2-4H2,1H3. The summed E-state index contributed by atoms with van der Waals surface area (Å²) >= 11 is 0. The Morgan fingerprint density at radius 1 is 0.947 bits per heavy atom. The first-order valence-corrected chi connectivity index (χ1v) is 4.90. The second-order valence-corrected chi connectivity index (χ2v) is 3.44. The number of hydrogen-bond acceptors (Lipinski definition) is 1. The molecule has 0 radical (unpaired) electrons. The average Bonchev–Trinajstić information content (AvgIpc) is 2.26. The van der Waals surface area contributed by atoms with Crippen LogP contribution >= 0.6 is 0 Å². The molecule has 0 aliphatic heterocycles. The highest BCUT2D eigenvalue weighted by Gasteiger charge is 2.76. The first-order chi connectivity index (χ1) is 8.39. The molecule has 10 heteroatoms. The van der Waals surface area contributed by atoms with Gasteiger partial charge in [0.1, 0.15) is 0 Å². The SMILES string of the molecule is CCCCOC(F)=C(F)C(F)(F)C(F)(F)C(F)(F)F. The summed E-state index contributed by atoms with van der Waals surface area (Å²) in [4.78, 5) is 0. The van der Waals surface area contributed by atoms with Crippen LogP contribution in [0.25, 0.3) is 0 Å². The summed E-state index contributed by atoms with van der Waals surface area (Å²) in [6.07, 6.45) is -6.29. The van der Waals surface area contributed by atoms with E-state index in [1.807, 2.05) is 0 Å². The van der Waals surface area contributed by atoms with Crippen molar-refractivity contribution >= 4 is 0 Å². The second kappa shape index (κ2) is 5.91. The maximum absolute atomic E-state index is 12.7. The van der Waals surface area contributed by atoms with Gasteiger partial charge in [0, 0.05) is 0 Å². The van der Waals surface area contributed by atoms with Crippen LogP contribution in [0.2, 0.25) is 0 Å². The smallest absolute Gasteiger partial charge is 0.460 e. The molecule has 0 aliphatic rings. The zero-order chi connectivity index (χ0) is 15.5. The third-order valence-corrected chi connectivity index (χ3v) is 1.93. The van der Waals surface area contributed by atoms with E-state index < -0.39 is 36.5 Å². The number of unbranched alkanes of at least 4 members (excludes halogenated alkanes) is 1. The Kier molecular flexibility index (Phi) is 5.57. The van der Waals surface area contributed by atoms with Crippen molar-refractivity contribution in [2.45, 2.75) is 37.8 Å². The van der Waals surface area contributed by atoms with Crippen molar-refractivity contribution in [2.75, 3.05) is 6.61 Å². The molecule has 1 nitrogen and oxygen atoms in total. The monoisotopic (exact) mass is 304 g/mol. The lowest BCUT2D eigenvalue weighted by molar-refractivity contribution is -0.348. The van der Waals surface area contributed by atoms with Gasteiger partial charge in [-0.25, -0.2) is 0 Å². The van der Waals surface area contributed by atoms with Gasteiger partial charge in [0.15, 0.2) is 0 Å². The van der Waals surface area contributed by atoms with Crippen LogP contribution in [0.4, 0.5) is 39.5 Å². The summed E-state index contributed by atoms with van der Waals surface area (Å²) in [5.41, 5.74) is 0. The molecule has 0 amide bonds. The van der Waals surface area contributed by atoms with E-state index in [0.717, 1.165) is 0 Å². The fourth-order valence-electron chi connectivity index (χ4n) is 0.809. The molecule has 0 aliphatic carbocycles. The summed E-state index contributed by atoms with van der Waals surface area (Å²) in [6.45, 7) is 0.928. The van der Waals surface area contributed by atoms with Crippen LogP contribution in [-0.2, 0) is 4.74 Å². The van der Waals surface area contributed by atoms with E-state index in [4.69, 9.17) is 0 Å². The van der Waals surface area contributed by atoms with E-state index in [1.54, 1.807) is 6.92 Å². The Morgan fingerprint density at radius 2 is 1.42 bits per heavy atom. The zero-order valence-electron chi connectivity index (χ0n) is 9.43. The quantitative estimate of drug-likeness (QED) is 0.391. The van der Waals surface area contributed by atoms with Crippen molar-refractivity contribution in [3.8, 4) is 0 Å². The maximum atomic E-state index is 12.7. The van der Waals surface area contributed by atoms with E-state index >= 15 is 0 Å². The predicted octanol–water partition coefficient (Wildman–Crippen LogP) is 4.74. The molecule has 0 atom stereocenters. The minimum absolute atomic E-state index is 0.0714. The Bertz CT molecular complexity index is 331. The molecule has 0 saturated heterocycles. The minimum atomic E-state index is -6.75. The van der Waals surface area contributed by atoms with Gasteiger partial charge in [-0.3, -0.25) is 0 Å². The fourth-order valence-corrected chi connectivity index (χ4v) is 0.809. The van der Waals surface area contributed by atoms with Gasteiger partial charge in [0.05, 0.1) is 6.61 Å². The Balaban J connectivity index is 5.24. The van der Waals surface area contributed by atoms with Gasteiger partial charge in [-0.2, -0.15) is 39.5 Å². The maximum Gasteiger partial charge on any atom is 0.460 e. The van der Waals surface area contributed by atoms with Gasteiger partial charge in [-0.05, 0) is 6.42 Å². The number of ether oxygens (including phenoxy) is 1. The highest BCUT2D eigenvalue weighted by atomic mass is 19.4. The molecule has 0 aromatic heterocycles. The van der Waals surface area contributed by atoms with Crippen molar-refractivity contribution in [3.63, 3.8) is 0 Å². The van der Waals surface area contributed by atoms with Crippen LogP contribution in [0.5, 0.6) is 0 Å². The molecule has 0 spiro atoms. The molecule has 0 saturated carbocycles. The van der Waals surface area contributed by atoms with Gasteiger partial charge < -0.3 is 4.74 Å². The number of alkyl halides is 7. The van der Waals surface area contributed by atoms with Gasteiger partial charge in [-0.15, -0.1) is 0 Å². The van der Waals surface area contributed by atoms with Gasteiger partial charge in [-0.1, -0.05) is 13.3 Å². The van der Waals surface area contributed by atoms with Gasteiger partial charge in [0.25, 0.3) is 0 Å². The van der Waals surface area contributed by atoms with Crippen molar-refractivity contribution in [3.05, 3.63) is 11.8 Å². The van der Waals surface area contributed by atoms with E-state index in [9.17, 15) is 39.5 Å². The van der Waals surface area contributed by atoms with Gasteiger partial charge >= 0.3 is 24.0 Å². The number of halogens is 9. The molecular formula is C9H9F9O. The second-order valence-electron chi connectivity index (χ2n) is 3.44. The summed E-state index contributed by atoms with van der Waals surface area (Å²) in [6, 6.07) is -2.79. The predicted molar refractivity (Wildman–Crippen MR) is 46.1 cm³/mol. The summed E-state index contributed by atoms with van der Waals surface area (Å²) in [7, 11) is 0. The molecule has 114 valence electrons. The molecule has 0 aromatic rings. The van der Waals surface area contributed by atoms with Crippen LogP contribution in [0.3, 0.4) is 0 Å². The summed E-state index contributed by atoms with van der Waals surface area (Å²) in [5.74, 6) is -16.7. The number of rotatable bonds is 6. The lowest BCUT2D eigenvalue weighted by atomic mass is 10.1. The first kappa shape index (κ1) is 17.9. The zero-order valence-corrected chi connectivity index (χ0v) is 9.43. The summed E-state index contributed by atoms with van der Waals surface area (Å²) in [5, 5.41) is 0. The number of hydrogen-bond donors (Lipinski definition) is 0. The van der Waals surface area contributed by atoms with Crippen LogP contribution < -0.4 is 0 Å². The third kappa shape index (κ3) is 3.69. The average molecular weight is 304 g/mol. The molecule has 0 heterocycles. The Labute approximate surface area is 102 Å². The highest BCUT2D eigenvalue weighted by Crippen LogP contribution is 2.50. The number of allylic oxidation sites excluding steroid dienone is 1. The molecule has 0 rings (SSSR count). The molecule has 0 bridgehead atoms. The van der Waals surface area contributed by atoms with E-state index in [0.29, 0.717) is 6.42 Å². The fraction of sp³-hybridized carbons (Fsp3) is 0.778. The molecular weight excluding hydrogens is 295 g/mol. The van der Waals surface area contributed by atoms with Crippen LogP contribution in [-0.4, -0.2) is 24.6 Å². The third-order valence-electron chi connectivity index (χ3n) is 1.93. The Morgan fingerprint density at radius 3 is 1.79 bits per heavy atom. The molecule has 0 N–H and O–H groups in total. The Hall–Kier alpha value is -1.09. The lowest BCUT2D eigenvalue weighted by Crippen LogP contribution is -2.52. The topological polar surface area (TPSA) is 9.23 Å². The van der Waals surface area contributed by atoms with Crippen molar-refractivity contribution < 1.29 is 44.3 Å². The van der Waals surface area contributed by atoms with E-state index in [1.165, 1.54) is 0 Å². The van der Waals surface area contributed by atoms with Crippen LogP contribution in [0, 0.1) is 0 Å². The molecule has 0 aromatic carbocycles. The highest BCUT2D eigenvalue weighted by molar-refractivity contribution is 5.13. The normalized spacial score (nSPS) is 15.3. The van der Waals surface area contributed by atoms with E-state index in [2.05, 4.69) is 4.74 Å². The molecule has 19 heavy (non-hydrogen) atoms. The first-order valence-electron chi connectivity index (χ1n) is 4.90. The van der Waals surface area contributed by atoms with Gasteiger partial charge in [0.2, 0.25) is 5.83 Å². The van der Waals surface area contributed by atoms with Crippen LogP contribution in [0.15, 0.2) is 11.8 Å².